The summed E-state index contributed by atoms with van der Waals surface area (Å²) in [6, 6.07) is 12.9. The molecule has 1 N–H and O–H groups in total. The molecule has 0 unspecified atom stereocenters. The van der Waals surface area contributed by atoms with Crippen LogP contribution >= 0.6 is 27.5 Å². The van der Waals surface area contributed by atoms with Crippen LogP contribution < -0.4 is 5.32 Å². The van der Waals surface area contributed by atoms with Crippen molar-refractivity contribution in [1.82, 2.24) is 15.1 Å². The van der Waals surface area contributed by atoms with Crippen LogP contribution in [0, 0.1) is 10.1 Å². The van der Waals surface area contributed by atoms with Crippen LogP contribution in [-0.4, -0.2) is 20.6 Å². The highest BCUT2D eigenvalue weighted by Crippen LogP contribution is 2.21. The number of aromatic nitrogens is 2. The van der Waals surface area contributed by atoms with Gasteiger partial charge < -0.3 is 5.32 Å². The number of nitrogens with zero attached hydrogens (tertiary/aromatic N) is 3. The van der Waals surface area contributed by atoms with Gasteiger partial charge in [0.1, 0.15) is 0 Å². The first-order valence-corrected chi connectivity index (χ1v) is 8.64. The molecule has 0 aliphatic rings. The Morgan fingerprint density at radius 2 is 2.08 bits per heavy atom. The summed E-state index contributed by atoms with van der Waals surface area (Å²) in [7, 11) is 0. The number of benzene rings is 2. The third-order valence-corrected chi connectivity index (χ3v) is 4.43. The Kier molecular flexibility index (Phi) is 5.34. The summed E-state index contributed by atoms with van der Waals surface area (Å²) in [5.74, 6) is -0.367. The highest BCUT2D eigenvalue weighted by molar-refractivity contribution is 9.10. The molecule has 1 heterocycles. The number of carbonyl (C=O) groups excluding carboxylic acids is 1. The van der Waals surface area contributed by atoms with E-state index in [1.807, 2.05) is 12.1 Å². The van der Waals surface area contributed by atoms with E-state index in [0.29, 0.717) is 10.7 Å². The Morgan fingerprint density at radius 3 is 2.81 bits per heavy atom. The second-order valence-corrected chi connectivity index (χ2v) is 6.66. The lowest BCUT2D eigenvalue weighted by Crippen LogP contribution is -2.23. The molecule has 0 saturated heterocycles. The van der Waals surface area contributed by atoms with E-state index < -0.39 is 4.92 Å². The summed E-state index contributed by atoms with van der Waals surface area (Å²) < 4.78 is 2.27. The Hall–Kier alpha value is -2.71. The molecule has 0 saturated carbocycles. The molecular weight excluding hydrogens is 424 g/mol. The number of non-ortho nitro benzene ring substituents is 1. The number of carbonyl (C=O) groups is 1. The molecule has 0 aliphatic carbocycles. The fourth-order valence-electron chi connectivity index (χ4n) is 2.27. The maximum absolute atomic E-state index is 12.3. The van der Waals surface area contributed by atoms with Crippen LogP contribution in [0.15, 0.2) is 59.2 Å². The predicted molar refractivity (Wildman–Crippen MR) is 101 cm³/mol. The van der Waals surface area contributed by atoms with E-state index in [0.717, 1.165) is 10.0 Å². The average molecular weight is 436 g/mol. The van der Waals surface area contributed by atoms with Gasteiger partial charge in [-0.1, -0.05) is 39.7 Å². The minimum Gasteiger partial charge on any atom is -0.347 e. The third-order valence-electron chi connectivity index (χ3n) is 3.58. The van der Waals surface area contributed by atoms with Crippen molar-refractivity contribution in [2.75, 3.05) is 0 Å². The first-order valence-electron chi connectivity index (χ1n) is 7.46. The lowest BCUT2D eigenvalue weighted by molar-refractivity contribution is -0.384. The highest BCUT2D eigenvalue weighted by Gasteiger charge is 2.12. The smallest absolute Gasteiger partial charge is 0.272 e. The van der Waals surface area contributed by atoms with Crippen LogP contribution in [0.1, 0.15) is 16.1 Å². The van der Waals surface area contributed by atoms with Gasteiger partial charge in [0.2, 0.25) is 0 Å². The van der Waals surface area contributed by atoms with Gasteiger partial charge >= 0.3 is 0 Å². The molecule has 0 spiro atoms. The van der Waals surface area contributed by atoms with Crippen molar-refractivity contribution in [3.8, 4) is 5.69 Å². The van der Waals surface area contributed by atoms with E-state index >= 15 is 0 Å². The number of hydrogen-bond donors (Lipinski definition) is 1. The van der Waals surface area contributed by atoms with Crippen LogP contribution in [-0.2, 0) is 6.54 Å². The van der Waals surface area contributed by atoms with Gasteiger partial charge in [0, 0.05) is 34.4 Å². The zero-order chi connectivity index (χ0) is 18.7. The van der Waals surface area contributed by atoms with Gasteiger partial charge in [0.25, 0.3) is 11.6 Å². The number of nitro groups is 1. The SMILES string of the molecule is O=C(NCc1ccc(Br)cc1Cl)c1ccn(-c2cccc([N+](=O)[O-])c2)n1. The summed E-state index contributed by atoms with van der Waals surface area (Å²) in [4.78, 5) is 22.6. The van der Waals surface area contributed by atoms with E-state index in [9.17, 15) is 14.9 Å². The minimum atomic E-state index is -0.484. The highest BCUT2D eigenvalue weighted by atomic mass is 79.9. The van der Waals surface area contributed by atoms with Crippen LogP contribution in [0.2, 0.25) is 5.02 Å². The number of amides is 1. The topological polar surface area (TPSA) is 90.1 Å². The first-order chi connectivity index (χ1) is 12.4. The van der Waals surface area contributed by atoms with Gasteiger partial charge in [-0.05, 0) is 29.8 Å². The summed E-state index contributed by atoms with van der Waals surface area (Å²) in [5.41, 5.74) is 1.43. The Labute approximate surface area is 161 Å². The molecule has 7 nitrogen and oxygen atoms in total. The van der Waals surface area contributed by atoms with Gasteiger partial charge in [-0.15, -0.1) is 0 Å². The van der Waals surface area contributed by atoms with Crippen molar-refractivity contribution in [3.05, 3.63) is 85.6 Å². The molecule has 0 radical (unpaired) electrons. The number of nitro benzene ring substituents is 1. The largest absolute Gasteiger partial charge is 0.347 e. The standard InChI is InChI=1S/C17H12BrClN4O3/c18-12-5-4-11(15(19)8-12)10-20-17(24)16-6-7-22(21-16)13-2-1-3-14(9-13)23(25)26/h1-9H,10H2,(H,20,24). The average Bonchev–Trinajstić information content (AvgIpc) is 3.11. The monoisotopic (exact) mass is 434 g/mol. The van der Waals surface area contributed by atoms with Crippen LogP contribution in [0.4, 0.5) is 5.69 Å². The third kappa shape index (κ3) is 4.09. The lowest BCUT2D eigenvalue weighted by atomic mass is 10.2. The minimum absolute atomic E-state index is 0.0473. The predicted octanol–water partition coefficient (Wildman–Crippen LogP) is 4.13. The van der Waals surface area contributed by atoms with Crippen LogP contribution in [0.5, 0.6) is 0 Å². The van der Waals surface area contributed by atoms with E-state index in [1.54, 1.807) is 24.4 Å². The zero-order valence-electron chi connectivity index (χ0n) is 13.2. The Morgan fingerprint density at radius 1 is 1.27 bits per heavy atom. The van der Waals surface area contributed by atoms with E-state index in [-0.39, 0.29) is 23.8 Å². The van der Waals surface area contributed by atoms with Crippen molar-refractivity contribution in [2.24, 2.45) is 0 Å². The zero-order valence-corrected chi connectivity index (χ0v) is 15.6. The molecule has 9 heteroatoms. The maximum Gasteiger partial charge on any atom is 0.272 e. The van der Waals surface area contributed by atoms with Crippen LogP contribution in [0.25, 0.3) is 5.69 Å². The molecule has 0 fully saturated rings. The van der Waals surface area contributed by atoms with E-state index in [2.05, 4.69) is 26.3 Å². The lowest BCUT2D eigenvalue weighted by Gasteiger charge is -2.06. The summed E-state index contributed by atoms with van der Waals surface area (Å²) in [6.07, 6.45) is 1.57. The molecule has 3 aromatic rings. The summed E-state index contributed by atoms with van der Waals surface area (Å²) >= 11 is 9.45. The van der Waals surface area contributed by atoms with Crippen LogP contribution in [0.3, 0.4) is 0 Å². The van der Waals surface area contributed by atoms with Gasteiger partial charge in [-0.25, -0.2) is 4.68 Å². The first kappa shape index (κ1) is 18.1. The van der Waals surface area contributed by atoms with Gasteiger partial charge in [0.15, 0.2) is 5.69 Å². The molecule has 0 atom stereocenters. The normalized spacial score (nSPS) is 10.5. The van der Waals surface area contributed by atoms with Crippen molar-refractivity contribution >= 4 is 39.1 Å². The number of halogens is 2. The van der Waals surface area contributed by atoms with Crippen molar-refractivity contribution in [2.45, 2.75) is 6.54 Å². The Bertz CT molecular complexity index is 990. The number of nitrogens with one attached hydrogen (secondary N) is 1. The molecule has 1 aromatic heterocycles. The fourth-order valence-corrected chi connectivity index (χ4v) is 3.01. The quantitative estimate of drug-likeness (QED) is 0.482. The van der Waals surface area contributed by atoms with Crippen molar-refractivity contribution in [3.63, 3.8) is 0 Å². The van der Waals surface area contributed by atoms with E-state index in [1.165, 1.54) is 22.9 Å². The molecule has 0 aliphatic heterocycles. The van der Waals surface area contributed by atoms with E-state index in [4.69, 9.17) is 11.6 Å². The molecule has 1 amide bonds. The van der Waals surface area contributed by atoms with Gasteiger partial charge in [0.05, 0.1) is 10.6 Å². The second kappa shape index (κ2) is 7.67. The molecule has 2 aromatic carbocycles. The van der Waals surface area contributed by atoms with Gasteiger partial charge in [-0.3, -0.25) is 14.9 Å². The molecule has 132 valence electrons. The second-order valence-electron chi connectivity index (χ2n) is 5.34. The fraction of sp³-hybridized carbons (Fsp3) is 0.0588. The Balaban J connectivity index is 1.72. The molecule has 3 rings (SSSR count). The summed E-state index contributed by atoms with van der Waals surface area (Å²) in [5, 5.41) is 18.3. The van der Waals surface area contributed by atoms with Crippen molar-refractivity contribution < 1.29 is 9.72 Å². The number of rotatable bonds is 5. The molecular formula is C17H12BrClN4O3. The van der Waals surface area contributed by atoms with Crippen molar-refractivity contribution in [1.29, 1.82) is 0 Å². The number of hydrogen-bond acceptors (Lipinski definition) is 4. The molecule has 0 bridgehead atoms. The maximum atomic E-state index is 12.3. The van der Waals surface area contributed by atoms with Gasteiger partial charge in [-0.2, -0.15) is 5.10 Å². The summed E-state index contributed by atoms with van der Waals surface area (Å²) in [6.45, 7) is 0.259. The molecule has 26 heavy (non-hydrogen) atoms.